The molecule has 1 atom stereocenters. The minimum atomic E-state index is -0.719. The van der Waals surface area contributed by atoms with Crippen LogP contribution in [0.15, 0.2) is 53.3 Å². The lowest BCUT2D eigenvalue weighted by atomic mass is 10.1. The summed E-state index contributed by atoms with van der Waals surface area (Å²) in [6, 6.07) is 12.7. The van der Waals surface area contributed by atoms with Crippen molar-refractivity contribution in [2.24, 2.45) is 0 Å². The smallest absolute Gasteiger partial charge is 0.310 e. The molecular weight excluding hydrogens is 311 g/mol. The number of benzene rings is 2. The predicted octanol–water partition coefficient (Wildman–Crippen LogP) is 2.91. The molecule has 0 aliphatic rings. The van der Waals surface area contributed by atoms with Crippen LogP contribution in [0.25, 0.3) is 10.9 Å². The van der Waals surface area contributed by atoms with Crippen molar-refractivity contribution in [2.45, 2.75) is 19.4 Å². The zero-order valence-corrected chi connectivity index (χ0v) is 13.0. The first-order valence-corrected chi connectivity index (χ1v) is 7.46. The summed E-state index contributed by atoms with van der Waals surface area (Å²) in [5.74, 6) is -0.663. The van der Waals surface area contributed by atoms with Gasteiger partial charge in [0.15, 0.2) is 11.9 Å². The first-order chi connectivity index (χ1) is 11.5. The molecule has 0 amide bonds. The van der Waals surface area contributed by atoms with Crippen LogP contribution in [0, 0.1) is 5.82 Å². The van der Waals surface area contributed by atoms with Crippen molar-refractivity contribution in [3.8, 4) is 0 Å². The SMILES string of the molecule is C[C@H](OC(=O)Cc1cccc(F)c1)c1nc2ccccc2c(=O)[nH]1. The minimum Gasteiger partial charge on any atom is -0.454 e. The molecule has 5 nitrogen and oxygen atoms in total. The van der Waals surface area contributed by atoms with E-state index in [1.54, 1.807) is 37.3 Å². The highest BCUT2D eigenvalue weighted by atomic mass is 19.1. The molecule has 1 N–H and O–H groups in total. The van der Waals surface area contributed by atoms with Crippen molar-refractivity contribution < 1.29 is 13.9 Å². The van der Waals surface area contributed by atoms with E-state index in [2.05, 4.69) is 9.97 Å². The molecular formula is C18H15FN2O3. The number of H-pyrrole nitrogens is 1. The zero-order valence-electron chi connectivity index (χ0n) is 13.0. The Kier molecular flexibility index (Phi) is 4.37. The zero-order chi connectivity index (χ0) is 17.1. The molecule has 24 heavy (non-hydrogen) atoms. The van der Waals surface area contributed by atoms with Crippen LogP contribution in [0.5, 0.6) is 0 Å². The van der Waals surface area contributed by atoms with E-state index in [9.17, 15) is 14.0 Å². The number of nitrogens with zero attached hydrogens (tertiary/aromatic N) is 1. The monoisotopic (exact) mass is 326 g/mol. The molecule has 2 aromatic carbocycles. The number of carbonyl (C=O) groups excluding carboxylic acids is 1. The predicted molar refractivity (Wildman–Crippen MR) is 87.0 cm³/mol. The van der Waals surface area contributed by atoms with Gasteiger partial charge in [0.05, 0.1) is 17.3 Å². The lowest BCUT2D eigenvalue weighted by Crippen LogP contribution is -2.18. The Labute approximate surface area is 137 Å². The molecule has 3 aromatic rings. The van der Waals surface area contributed by atoms with Crippen molar-refractivity contribution in [1.29, 1.82) is 0 Å². The van der Waals surface area contributed by atoms with Crippen molar-refractivity contribution >= 4 is 16.9 Å². The molecule has 1 aromatic heterocycles. The molecule has 6 heteroatoms. The van der Waals surface area contributed by atoms with Gasteiger partial charge in [-0.25, -0.2) is 9.37 Å². The number of rotatable bonds is 4. The maximum Gasteiger partial charge on any atom is 0.310 e. The summed E-state index contributed by atoms with van der Waals surface area (Å²) in [7, 11) is 0. The lowest BCUT2D eigenvalue weighted by Gasteiger charge is -2.13. The van der Waals surface area contributed by atoms with Crippen molar-refractivity contribution in [1.82, 2.24) is 9.97 Å². The third kappa shape index (κ3) is 3.48. The van der Waals surface area contributed by atoms with Crippen LogP contribution < -0.4 is 5.56 Å². The Morgan fingerprint density at radius 1 is 1.25 bits per heavy atom. The van der Waals surface area contributed by atoms with Crippen molar-refractivity contribution in [3.63, 3.8) is 0 Å². The summed E-state index contributed by atoms with van der Waals surface area (Å²) in [6.45, 7) is 1.62. The maximum atomic E-state index is 13.1. The molecule has 0 spiro atoms. The fourth-order valence-electron chi connectivity index (χ4n) is 2.41. The van der Waals surface area contributed by atoms with E-state index in [-0.39, 0.29) is 17.8 Å². The van der Waals surface area contributed by atoms with Crippen LogP contribution in [0.2, 0.25) is 0 Å². The van der Waals surface area contributed by atoms with Gasteiger partial charge in [-0.3, -0.25) is 9.59 Å². The van der Waals surface area contributed by atoms with Gasteiger partial charge in [-0.2, -0.15) is 0 Å². The third-order valence-corrected chi connectivity index (χ3v) is 3.56. The minimum absolute atomic E-state index is 0.0556. The molecule has 0 saturated carbocycles. The molecule has 0 saturated heterocycles. The Morgan fingerprint density at radius 2 is 2.04 bits per heavy atom. The summed E-state index contributed by atoms with van der Waals surface area (Å²) >= 11 is 0. The fourth-order valence-corrected chi connectivity index (χ4v) is 2.41. The standard InChI is InChI=1S/C18H15FN2O3/c1-11(24-16(22)10-12-5-4-6-13(19)9-12)17-20-15-8-3-2-7-14(15)18(23)21-17/h2-9,11H,10H2,1H3,(H,20,21,23)/t11-/m0/s1. The molecule has 0 bridgehead atoms. The van der Waals surface area contributed by atoms with Crippen molar-refractivity contribution in [2.75, 3.05) is 0 Å². The Balaban J connectivity index is 1.76. The summed E-state index contributed by atoms with van der Waals surface area (Å²) in [4.78, 5) is 31.0. The van der Waals surface area contributed by atoms with Crippen LogP contribution in [0.4, 0.5) is 4.39 Å². The van der Waals surface area contributed by atoms with Gasteiger partial charge < -0.3 is 9.72 Å². The van der Waals surface area contributed by atoms with E-state index in [0.29, 0.717) is 16.5 Å². The van der Waals surface area contributed by atoms with E-state index < -0.39 is 17.9 Å². The molecule has 0 aliphatic heterocycles. The quantitative estimate of drug-likeness (QED) is 0.748. The highest BCUT2D eigenvalue weighted by Crippen LogP contribution is 2.15. The Bertz CT molecular complexity index is 952. The van der Waals surface area contributed by atoms with E-state index in [0.717, 1.165) is 0 Å². The van der Waals surface area contributed by atoms with Gasteiger partial charge in [0, 0.05) is 0 Å². The molecule has 0 aliphatic carbocycles. The van der Waals surface area contributed by atoms with Gasteiger partial charge in [0.25, 0.3) is 5.56 Å². The third-order valence-electron chi connectivity index (χ3n) is 3.56. The average molecular weight is 326 g/mol. The van der Waals surface area contributed by atoms with Crippen LogP contribution in [0.3, 0.4) is 0 Å². The summed E-state index contributed by atoms with van der Waals surface area (Å²) in [6.07, 6.45) is -0.775. The van der Waals surface area contributed by atoms with Gasteiger partial charge >= 0.3 is 5.97 Å². The first kappa shape index (κ1) is 15.9. The summed E-state index contributed by atoms with van der Waals surface area (Å²) in [5, 5.41) is 0.472. The molecule has 1 heterocycles. The highest BCUT2D eigenvalue weighted by molar-refractivity contribution is 5.77. The number of aromatic amines is 1. The topological polar surface area (TPSA) is 72.0 Å². The number of carbonyl (C=O) groups is 1. The second kappa shape index (κ2) is 6.62. The first-order valence-electron chi connectivity index (χ1n) is 7.46. The number of esters is 1. The second-order valence-electron chi connectivity index (χ2n) is 5.41. The lowest BCUT2D eigenvalue weighted by molar-refractivity contribution is -0.148. The molecule has 0 unspecified atom stereocenters. The number of para-hydroxylation sites is 1. The van der Waals surface area contributed by atoms with Gasteiger partial charge in [-0.15, -0.1) is 0 Å². The second-order valence-corrected chi connectivity index (χ2v) is 5.41. The molecule has 0 radical (unpaired) electrons. The number of hydrogen-bond donors (Lipinski definition) is 1. The average Bonchev–Trinajstić information content (AvgIpc) is 2.54. The van der Waals surface area contributed by atoms with Crippen LogP contribution in [0.1, 0.15) is 24.4 Å². The van der Waals surface area contributed by atoms with E-state index in [4.69, 9.17) is 4.74 Å². The van der Waals surface area contributed by atoms with Crippen molar-refractivity contribution in [3.05, 3.63) is 76.1 Å². The van der Waals surface area contributed by atoms with Gasteiger partial charge in [0.2, 0.25) is 0 Å². The van der Waals surface area contributed by atoms with Gasteiger partial charge in [-0.05, 0) is 36.8 Å². The van der Waals surface area contributed by atoms with Gasteiger partial charge in [-0.1, -0.05) is 24.3 Å². The van der Waals surface area contributed by atoms with E-state index >= 15 is 0 Å². The fraction of sp³-hybridized carbons (Fsp3) is 0.167. The largest absolute Gasteiger partial charge is 0.454 e. The number of fused-ring (bicyclic) bond motifs is 1. The van der Waals surface area contributed by atoms with Gasteiger partial charge in [0.1, 0.15) is 5.82 Å². The van der Waals surface area contributed by atoms with Crippen LogP contribution in [-0.4, -0.2) is 15.9 Å². The molecule has 3 rings (SSSR count). The van der Waals surface area contributed by atoms with E-state index in [1.165, 1.54) is 18.2 Å². The highest BCUT2D eigenvalue weighted by Gasteiger charge is 2.16. The summed E-state index contributed by atoms with van der Waals surface area (Å²) in [5.41, 5.74) is 0.764. The Morgan fingerprint density at radius 3 is 2.83 bits per heavy atom. The van der Waals surface area contributed by atoms with Crippen LogP contribution in [-0.2, 0) is 16.0 Å². The maximum absolute atomic E-state index is 13.1. The number of hydrogen-bond acceptors (Lipinski definition) is 4. The molecule has 122 valence electrons. The Hall–Kier alpha value is -3.02. The number of halogens is 1. The number of aromatic nitrogens is 2. The molecule has 0 fully saturated rings. The number of nitrogens with one attached hydrogen (secondary N) is 1. The normalized spacial score (nSPS) is 12.1. The van der Waals surface area contributed by atoms with E-state index in [1.807, 2.05) is 0 Å². The number of ether oxygens (including phenoxy) is 1. The van der Waals surface area contributed by atoms with Crippen LogP contribution >= 0.6 is 0 Å². The summed E-state index contributed by atoms with van der Waals surface area (Å²) < 4.78 is 18.4.